The standard InChI is InChI=1S/C21H20F4N2O2S/c22-17-3-1-2-4-18(17)30-12-19(28)27(16-9-10-16)11-14-5-7-15(8-6-14)20(29)26-13-21(23,24)25/h1-8,16H,9-13H2,(H,26,29). The highest BCUT2D eigenvalue weighted by Gasteiger charge is 2.32. The zero-order valence-corrected chi connectivity index (χ0v) is 16.7. The lowest BCUT2D eigenvalue weighted by Crippen LogP contribution is -2.34. The summed E-state index contributed by atoms with van der Waals surface area (Å²) in [5.74, 6) is -1.18. The quantitative estimate of drug-likeness (QED) is 0.489. The highest BCUT2D eigenvalue weighted by molar-refractivity contribution is 8.00. The van der Waals surface area contributed by atoms with Crippen molar-refractivity contribution >= 4 is 23.6 Å². The predicted octanol–water partition coefficient (Wildman–Crippen LogP) is 4.40. The molecule has 160 valence electrons. The lowest BCUT2D eigenvalue weighted by Gasteiger charge is -2.22. The van der Waals surface area contributed by atoms with Gasteiger partial charge in [0, 0.05) is 23.0 Å². The van der Waals surface area contributed by atoms with Gasteiger partial charge < -0.3 is 10.2 Å². The van der Waals surface area contributed by atoms with Crippen LogP contribution >= 0.6 is 11.8 Å². The summed E-state index contributed by atoms with van der Waals surface area (Å²) in [5.41, 5.74) is 0.876. The Kier molecular flexibility index (Phi) is 7.02. The molecule has 0 bridgehead atoms. The van der Waals surface area contributed by atoms with Crippen LogP contribution < -0.4 is 5.32 Å². The van der Waals surface area contributed by atoms with Crippen molar-refractivity contribution in [3.63, 3.8) is 0 Å². The molecule has 0 heterocycles. The van der Waals surface area contributed by atoms with E-state index >= 15 is 0 Å². The van der Waals surface area contributed by atoms with E-state index in [-0.39, 0.29) is 29.1 Å². The van der Waals surface area contributed by atoms with Gasteiger partial charge >= 0.3 is 6.18 Å². The summed E-state index contributed by atoms with van der Waals surface area (Å²) >= 11 is 1.14. The number of nitrogens with zero attached hydrogens (tertiary/aromatic N) is 1. The number of hydrogen-bond acceptors (Lipinski definition) is 3. The van der Waals surface area contributed by atoms with Gasteiger partial charge in [0.2, 0.25) is 5.91 Å². The minimum atomic E-state index is -4.47. The number of amides is 2. The Morgan fingerprint density at radius 2 is 1.73 bits per heavy atom. The van der Waals surface area contributed by atoms with Crippen molar-refractivity contribution in [1.82, 2.24) is 10.2 Å². The number of thioether (sulfide) groups is 1. The summed E-state index contributed by atoms with van der Waals surface area (Å²) < 4.78 is 50.4. The van der Waals surface area contributed by atoms with Crippen LogP contribution in [-0.2, 0) is 11.3 Å². The minimum Gasteiger partial charge on any atom is -0.343 e. The Labute approximate surface area is 175 Å². The average molecular weight is 440 g/mol. The number of carbonyl (C=O) groups is 2. The van der Waals surface area contributed by atoms with E-state index in [4.69, 9.17) is 0 Å². The third kappa shape index (κ3) is 6.48. The molecule has 9 heteroatoms. The summed E-state index contributed by atoms with van der Waals surface area (Å²) in [6.07, 6.45) is -2.68. The van der Waals surface area contributed by atoms with E-state index in [1.165, 1.54) is 18.2 Å². The van der Waals surface area contributed by atoms with E-state index in [9.17, 15) is 27.2 Å². The number of carbonyl (C=O) groups excluding carboxylic acids is 2. The fourth-order valence-corrected chi connectivity index (χ4v) is 3.66. The molecule has 0 radical (unpaired) electrons. The number of rotatable bonds is 8. The van der Waals surface area contributed by atoms with Crippen LogP contribution in [0.3, 0.4) is 0 Å². The number of halogens is 4. The maximum Gasteiger partial charge on any atom is 0.405 e. The number of alkyl halides is 3. The van der Waals surface area contributed by atoms with Crippen molar-refractivity contribution in [3.05, 3.63) is 65.5 Å². The zero-order valence-electron chi connectivity index (χ0n) is 15.9. The van der Waals surface area contributed by atoms with Crippen LogP contribution in [0.15, 0.2) is 53.4 Å². The van der Waals surface area contributed by atoms with Crippen molar-refractivity contribution < 1.29 is 27.2 Å². The van der Waals surface area contributed by atoms with Gasteiger partial charge in [-0.1, -0.05) is 24.3 Å². The maximum atomic E-state index is 13.7. The van der Waals surface area contributed by atoms with Crippen LogP contribution in [0.2, 0.25) is 0 Å². The van der Waals surface area contributed by atoms with Crippen molar-refractivity contribution in [3.8, 4) is 0 Å². The second-order valence-electron chi connectivity index (χ2n) is 6.97. The molecule has 1 aliphatic rings. The topological polar surface area (TPSA) is 49.4 Å². The van der Waals surface area contributed by atoms with E-state index in [2.05, 4.69) is 0 Å². The van der Waals surface area contributed by atoms with Crippen molar-refractivity contribution in [2.24, 2.45) is 0 Å². The van der Waals surface area contributed by atoms with Crippen LogP contribution in [-0.4, -0.2) is 41.2 Å². The van der Waals surface area contributed by atoms with Gasteiger partial charge in [-0.3, -0.25) is 9.59 Å². The summed E-state index contributed by atoms with van der Waals surface area (Å²) in [6.45, 7) is -1.07. The maximum absolute atomic E-state index is 13.7. The molecule has 1 N–H and O–H groups in total. The molecule has 0 atom stereocenters. The largest absolute Gasteiger partial charge is 0.405 e. The molecule has 0 unspecified atom stereocenters. The summed E-state index contributed by atoms with van der Waals surface area (Å²) in [5, 5.41) is 1.82. The van der Waals surface area contributed by atoms with Crippen LogP contribution in [0.5, 0.6) is 0 Å². The predicted molar refractivity (Wildman–Crippen MR) is 106 cm³/mol. The average Bonchev–Trinajstić information content (AvgIpc) is 3.54. The molecule has 2 aromatic rings. The van der Waals surface area contributed by atoms with Crippen LogP contribution in [0.4, 0.5) is 17.6 Å². The Bertz CT molecular complexity index is 899. The smallest absolute Gasteiger partial charge is 0.343 e. The molecule has 0 aromatic heterocycles. The molecular formula is C21H20F4N2O2S. The Balaban J connectivity index is 1.58. The van der Waals surface area contributed by atoms with E-state index in [0.717, 1.165) is 30.2 Å². The van der Waals surface area contributed by atoms with E-state index in [1.54, 1.807) is 35.2 Å². The first kappa shape index (κ1) is 22.1. The molecule has 2 aromatic carbocycles. The normalized spacial score (nSPS) is 13.7. The molecule has 0 aliphatic heterocycles. The number of benzene rings is 2. The Morgan fingerprint density at radius 1 is 1.07 bits per heavy atom. The first-order valence-corrected chi connectivity index (χ1v) is 10.3. The van der Waals surface area contributed by atoms with Crippen LogP contribution in [0, 0.1) is 5.82 Å². The molecule has 3 rings (SSSR count). The highest BCUT2D eigenvalue weighted by Crippen LogP contribution is 2.30. The van der Waals surface area contributed by atoms with E-state index in [0.29, 0.717) is 11.4 Å². The molecule has 0 spiro atoms. The Hall–Kier alpha value is -2.55. The van der Waals surface area contributed by atoms with Gasteiger partial charge in [0.1, 0.15) is 12.4 Å². The summed E-state index contributed by atoms with van der Waals surface area (Å²) in [6, 6.07) is 12.5. The molecule has 1 aliphatic carbocycles. The van der Waals surface area contributed by atoms with E-state index < -0.39 is 18.6 Å². The molecule has 2 amide bonds. The van der Waals surface area contributed by atoms with Gasteiger partial charge in [-0.05, 0) is 42.7 Å². The second kappa shape index (κ2) is 9.51. The van der Waals surface area contributed by atoms with Crippen LogP contribution in [0.25, 0.3) is 0 Å². The molecule has 1 saturated carbocycles. The lowest BCUT2D eigenvalue weighted by atomic mass is 10.1. The van der Waals surface area contributed by atoms with Crippen LogP contribution in [0.1, 0.15) is 28.8 Å². The summed E-state index contributed by atoms with van der Waals surface area (Å²) in [7, 11) is 0. The van der Waals surface area contributed by atoms with Gasteiger partial charge in [0.15, 0.2) is 0 Å². The van der Waals surface area contributed by atoms with Gasteiger partial charge in [-0.2, -0.15) is 13.2 Å². The minimum absolute atomic E-state index is 0.107. The van der Waals surface area contributed by atoms with Crippen molar-refractivity contribution in [2.45, 2.75) is 36.5 Å². The lowest BCUT2D eigenvalue weighted by molar-refractivity contribution is -0.129. The highest BCUT2D eigenvalue weighted by atomic mass is 32.2. The van der Waals surface area contributed by atoms with Crippen molar-refractivity contribution in [2.75, 3.05) is 12.3 Å². The second-order valence-corrected chi connectivity index (χ2v) is 7.98. The number of hydrogen-bond donors (Lipinski definition) is 1. The summed E-state index contributed by atoms with van der Waals surface area (Å²) in [4.78, 5) is 26.6. The molecule has 30 heavy (non-hydrogen) atoms. The van der Waals surface area contributed by atoms with Gasteiger partial charge in [0.05, 0.1) is 5.75 Å². The van der Waals surface area contributed by atoms with Gasteiger partial charge in [-0.25, -0.2) is 4.39 Å². The first-order valence-electron chi connectivity index (χ1n) is 9.33. The fraction of sp³-hybridized carbons (Fsp3) is 0.333. The monoisotopic (exact) mass is 440 g/mol. The molecule has 0 saturated heterocycles. The third-order valence-electron chi connectivity index (χ3n) is 4.51. The fourth-order valence-electron chi connectivity index (χ4n) is 2.83. The molecule has 1 fully saturated rings. The Morgan fingerprint density at radius 3 is 2.33 bits per heavy atom. The van der Waals surface area contributed by atoms with E-state index in [1.807, 2.05) is 5.32 Å². The van der Waals surface area contributed by atoms with Gasteiger partial charge in [-0.15, -0.1) is 11.8 Å². The van der Waals surface area contributed by atoms with Crippen molar-refractivity contribution in [1.29, 1.82) is 0 Å². The SMILES string of the molecule is O=C(NCC(F)(F)F)c1ccc(CN(C(=O)CSc2ccccc2F)C2CC2)cc1. The first-order chi connectivity index (χ1) is 14.2. The number of nitrogens with one attached hydrogen (secondary N) is 1. The van der Waals surface area contributed by atoms with Gasteiger partial charge in [0.25, 0.3) is 5.91 Å². The molecule has 4 nitrogen and oxygen atoms in total. The molecular weight excluding hydrogens is 420 g/mol. The third-order valence-corrected chi connectivity index (χ3v) is 5.55. The zero-order chi connectivity index (χ0) is 21.7.